The summed E-state index contributed by atoms with van der Waals surface area (Å²) in [6, 6.07) is 3.74. The van der Waals surface area contributed by atoms with E-state index in [9.17, 15) is 4.79 Å². The molecule has 0 aliphatic rings. The maximum atomic E-state index is 10.6. The van der Waals surface area contributed by atoms with Gasteiger partial charge in [-0.05, 0) is 30.5 Å². The summed E-state index contributed by atoms with van der Waals surface area (Å²) in [6.45, 7) is 4.12. The number of rotatable bonds is 5. The molecule has 0 heterocycles. The zero-order chi connectivity index (χ0) is 12.1. The lowest BCUT2D eigenvalue weighted by Gasteiger charge is -2.12. The summed E-state index contributed by atoms with van der Waals surface area (Å²) in [5.74, 6) is 0.390. The van der Waals surface area contributed by atoms with Gasteiger partial charge in [0.05, 0.1) is 19.6 Å². The summed E-state index contributed by atoms with van der Waals surface area (Å²) < 4.78 is 5.50. The van der Waals surface area contributed by atoms with E-state index in [4.69, 9.17) is 15.6 Å². The van der Waals surface area contributed by atoms with Crippen LogP contribution in [0.2, 0.25) is 0 Å². The Morgan fingerprint density at radius 2 is 1.94 bits per heavy atom. The molecule has 0 atom stereocenters. The molecule has 88 valence electrons. The van der Waals surface area contributed by atoms with Crippen molar-refractivity contribution in [2.45, 2.75) is 26.9 Å². The lowest BCUT2D eigenvalue weighted by molar-refractivity contribution is -0.118. The fourth-order valence-corrected chi connectivity index (χ4v) is 1.61. The van der Waals surface area contributed by atoms with Crippen LogP contribution in [0.3, 0.4) is 0 Å². The summed E-state index contributed by atoms with van der Waals surface area (Å²) in [7, 11) is 0. The van der Waals surface area contributed by atoms with Crippen molar-refractivity contribution in [2.75, 3.05) is 6.61 Å². The third kappa shape index (κ3) is 3.24. The number of carbonyl (C=O) groups excluding carboxylic acids is 1. The molecule has 0 saturated heterocycles. The summed E-state index contributed by atoms with van der Waals surface area (Å²) >= 11 is 0. The van der Waals surface area contributed by atoms with Crippen molar-refractivity contribution in [3.05, 3.63) is 28.8 Å². The van der Waals surface area contributed by atoms with Crippen LogP contribution in [0, 0.1) is 13.8 Å². The number of nitrogens with two attached hydrogens (primary N) is 1. The van der Waals surface area contributed by atoms with E-state index in [2.05, 4.69) is 0 Å². The Labute approximate surface area is 95.0 Å². The van der Waals surface area contributed by atoms with Gasteiger partial charge in [0.2, 0.25) is 5.91 Å². The molecule has 0 aromatic heterocycles. The second kappa shape index (κ2) is 5.51. The van der Waals surface area contributed by atoms with E-state index in [-0.39, 0.29) is 25.5 Å². The van der Waals surface area contributed by atoms with Gasteiger partial charge in [-0.2, -0.15) is 0 Å². The van der Waals surface area contributed by atoms with Gasteiger partial charge in [-0.3, -0.25) is 4.79 Å². The Morgan fingerprint density at radius 3 is 2.38 bits per heavy atom. The van der Waals surface area contributed by atoms with E-state index in [1.807, 2.05) is 26.0 Å². The average Bonchev–Trinajstić information content (AvgIpc) is 2.21. The van der Waals surface area contributed by atoms with Gasteiger partial charge in [-0.15, -0.1) is 0 Å². The van der Waals surface area contributed by atoms with E-state index in [0.717, 1.165) is 22.4 Å². The number of carbonyl (C=O) groups is 1. The molecule has 1 rings (SSSR count). The maximum absolute atomic E-state index is 10.6. The largest absolute Gasteiger partial charge is 0.493 e. The number of hydrogen-bond donors (Lipinski definition) is 2. The third-order valence-electron chi connectivity index (χ3n) is 2.30. The summed E-state index contributed by atoms with van der Waals surface area (Å²) in [4.78, 5) is 10.6. The Hall–Kier alpha value is -1.55. The first kappa shape index (κ1) is 12.5. The van der Waals surface area contributed by atoms with Crippen LogP contribution < -0.4 is 10.5 Å². The number of benzene rings is 1. The van der Waals surface area contributed by atoms with E-state index < -0.39 is 0 Å². The van der Waals surface area contributed by atoms with Gasteiger partial charge >= 0.3 is 0 Å². The lowest BCUT2D eigenvalue weighted by atomic mass is 10.1. The molecule has 4 heteroatoms. The number of amides is 1. The van der Waals surface area contributed by atoms with Crippen molar-refractivity contribution in [1.82, 2.24) is 0 Å². The molecule has 1 amide bonds. The lowest BCUT2D eigenvalue weighted by Crippen LogP contribution is -2.15. The van der Waals surface area contributed by atoms with Gasteiger partial charge in [0.1, 0.15) is 5.75 Å². The number of primary amides is 1. The van der Waals surface area contributed by atoms with Crippen molar-refractivity contribution < 1.29 is 14.6 Å². The Morgan fingerprint density at radius 1 is 1.38 bits per heavy atom. The topological polar surface area (TPSA) is 72.6 Å². The first-order chi connectivity index (χ1) is 7.54. The molecule has 4 nitrogen and oxygen atoms in total. The van der Waals surface area contributed by atoms with Gasteiger partial charge in [0.25, 0.3) is 0 Å². The maximum Gasteiger partial charge on any atom is 0.220 e. The highest BCUT2D eigenvalue weighted by Gasteiger charge is 2.06. The molecule has 1 aromatic carbocycles. The highest BCUT2D eigenvalue weighted by Crippen LogP contribution is 2.24. The molecular weight excluding hydrogens is 206 g/mol. The predicted molar refractivity (Wildman–Crippen MR) is 61.1 cm³/mol. The van der Waals surface area contributed by atoms with Crippen molar-refractivity contribution >= 4 is 5.91 Å². The zero-order valence-corrected chi connectivity index (χ0v) is 9.62. The molecule has 0 unspecified atom stereocenters. The fraction of sp³-hybridized carbons (Fsp3) is 0.417. The molecule has 0 bridgehead atoms. The predicted octanol–water partition coefficient (Wildman–Crippen LogP) is 1.05. The first-order valence-electron chi connectivity index (χ1n) is 5.16. The van der Waals surface area contributed by atoms with Gasteiger partial charge in [-0.1, -0.05) is 12.1 Å². The normalized spacial score (nSPS) is 10.2. The second-order valence-corrected chi connectivity index (χ2v) is 3.78. The van der Waals surface area contributed by atoms with Crippen LogP contribution in [-0.2, 0) is 11.4 Å². The molecule has 0 saturated carbocycles. The van der Waals surface area contributed by atoms with E-state index in [1.54, 1.807) is 0 Å². The van der Waals surface area contributed by atoms with E-state index in [0.29, 0.717) is 0 Å². The monoisotopic (exact) mass is 223 g/mol. The summed E-state index contributed by atoms with van der Waals surface area (Å²) in [6.07, 6.45) is 0.209. The van der Waals surface area contributed by atoms with Crippen molar-refractivity contribution in [1.29, 1.82) is 0 Å². The highest BCUT2D eigenvalue weighted by molar-refractivity contribution is 5.73. The van der Waals surface area contributed by atoms with E-state index >= 15 is 0 Å². The molecule has 1 aromatic rings. The van der Waals surface area contributed by atoms with Gasteiger partial charge in [0, 0.05) is 0 Å². The van der Waals surface area contributed by atoms with Crippen LogP contribution in [0.25, 0.3) is 0 Å². The standard InChI is InChI=1S/C12H17NO3/c1-8-5-10(7-14)6-9(2)12(8)16-4-3-11(13)15/h5-6,14H,3-4,7H2,1-2H3,(H2,13,15). The van der Waals surface area contributed by atoms with Crippen LogP contribution in [0.15, 0.2) is 12.1 Å². The molecule has 16 heavy (non-hydrogen) atoms. The molecular formula is C12H17NO3. The van der Waals surface area contributed by atoms with Crippen LogP contribution in [0.1, 0.15) is 23.1 Å². The van der Waals surface area contributed by atoms with Crippen LogP contribution >= 0.6 is 0 Å². The smallest absolute Gasteiger partial charge is 0.220 e. The fourth-order valence-electron chi connectivity index (χ4n) is 1.61. The molecule has 0 fully saturated rings. The van der Waals surface area contributed by atoms with Crippen LogP contribution in [-0.4, -0.2) is 17.6 Å². The Kier molecular flexibility index (Phi) is 4.31. The Balaban J connectivity index is 2.76. The zero-order valence-electron chi connectivity index (χ0n) is 9.62. The molecule has 0 aliphatic heterocycles. The van der Waals surface area contributed by atoms with Gasteiger partial charge < -0.3 is 15.6 Å². The first-order valence-corrected chi connectivity index (χ1v) is 5.16. The molecule has 0 spiro atoms. The SMILES string of the molecule is Cc1cc(CO)cc(C)c1OCCC(N)=O. The number of aliphatic hydroxyl groups excluding tert-OH is 1. The highest BCUT2D eigenvalue weighted by atomic mass is 16.5. The summed E-state index contributed by atoms with van der Waals surface area (Å²) in [5.41, 5.74) is 7.79. The number of ether oxygens (including phenoxy) is 1. The van der Waals surface area contributed by atoms with Crippen LogP contribution in [0.5, 0.6) is 5.75 Å². The third-order valence-corrected chi connectivity index (χ3v) is 2.30. The van der Waals surface area contributed by atoms with Crippen molar-refractivity contribution in [3.63, 3.8) is 0 Å². The molecule has 0 aliphatic carbocycles. The number of aryl methyl sites for hydroxylation is 2. The second-order valence-electron chi connectivity index (χ2n) is 3.78. The molecule has 0 radical (unpaired) electrons. The van der Waals surface area contributed by atoms with Crippen molar-refractivity contribution in [2.24, 2.45) is 5.73 Å². The van der Waals surface area contributed by atoms with Crippen LogP contribution in [0.4, 0.5) is 0 Å². The molecule has 3 N–H and O–H groups in total. The average molecular weight is 223 g/mol. The number of hydrogen-bond acceptors (Lipinski definition) is 3. The minimum absolute atomic E-state index is 0.0171. The quantitative estimate of drug-likeness (QED) is 0.783. The summed E-state index contributed by atoms with van der Waals surface area (Å²) in [5, 5.41) is 9.02. The van der Waals surface area contributed by atoms with E-state index in [1.165, 1.54) is 0 Å². The number of aliphatic hydroxyl groups is 1. The Bertz CT molecular complexity index is 365. The van der Waals surface area contributed by atoms with Crippen molar-refractivity contribution in [3.8, 4) is 5.75 Å². The van der Waals surface area contributed by atoms with Gasteiger partial charge in [0.15, 0.2) is 0 Å². The minimum Gasteiger partial charge on any atom is -0.493 e. The van der Waals surface area contributed by atoms with Gasteiger partial charge in [-0.25, -0.2) is 0 Å². The minimum atomic E-state index is -0.373.